The number of hydrogen-bond acceptors (Lipinski definition) is 4. The van der Waals surface area contributed by atoms with Gasteiger partial charge in [0.25, 0.3) is 11.5 Å². The highest BCUT2D eigenvalue weighted by molar-refractivity contribution is 5.77. The van der Waals surface area contributed by atoms with Crippen LogP contribution in [0, 0.1) is 5.82 Å². The number of hydrogen-bond donors (Lipinski definition) is 1. The van der Waals surface area contributed by atoms with Gasteiger partial charge in [-0.1, -0.05) is 12.1 Å². The van der Waals surface area contributed by atoms with Crippen LogP contribution in [0.2, 0.25) is 0 Å². The molecule has 1 N–H and O–H groups in total. The summed E-state index contributed by atoms with van der Waals surface area (Å²) in [5, 5.41) is 6.96. The Bertz CT molecular complexity index is 804. The smallest absolute Gasteiger partial charge is 0.267 e. The largest absolute Gasteiger partial charge is 0.481 e. The lowest BCUT2D eigenvalue weighted by atomic mass is 10.2. The summed E-state index contributed by atoms with van der Waals surface area (Å²) in [6.07, 6.45) is 2.82. The van der Waals surface area contributed by atoms with Gasteiger partial charge in [-0.15, -0.1) is 0 Å². The van der Waals surface area contributed by atoms with E-state index in [-0.39, 0.29) is 36.9 Å². The van der Waals surface area contributed by atoms with Gasteiger partial charge in [0.05, 0.1) is 12.2 Å². The molecule has 3 rings (SSSR count). The quantitative estimate of drug-likeness (QED) is 0.859. The molecule has 1 aromatic carbocycles. The van der Waals surface area contributed by atoms with Gasteiger partial charge in [0.2, 0.25) is 0 Å². The van der Waals surface area contributed by atoms with Crippen LogP contribution in [-0.4, -0.2) is 28.8 Å². The zero-order valence-corrected chi connectivity index (χ0v) is 13.1. The molecule has 126 valence electrons. The summed E-state index contributed by atoms with van der Waals surface area (Å²) < 4.78 is 19.8. The number of nitrogens with one attached hydrogen (secondary N) is 1. The van der Waals surface area contributed by atoms with Crippen molar-refractivity contribution in [3.8, 4) is 5.75 Å². The van der Waals surface area contributed by atoms with Crippen molar-refractivity contribution in [1.29, 1.82) is 0 Å². The van der Waals surface area contributed by atoms with Crippen molar-refractivity contribution in [2.75, 3.05) is 13.2 Å². The number of aryl methyl sites for hydroxylation is 2. The van der Waals surface area contributed by atoms with Gasteiger partial charge in [-0.2, -0.15) is 5.10 Å². The normalized spacial score (nSPS) is 12.7. The molecule has 1 aliphatic rings. The molecule has 0 fully saturated rings. The highest BCUT2D eigenvalue weighted by atomic mass is 19.1. The maximum absolute atomic E-state index is 13.4. The van der Waals surface area contributed by atoms with Crippen LogP contribution in [0.3, 0.4) is 0 Å². The molecule has 1 aromatic heterocycles. The van der Waals surface area contributed by atoms with Gasteiger partial charge in [0.1, 0.15) is 0 Å². The van der Waals surface area contributed by atoms with E-state index in [1.807, 2.05) is 0 Å². The average molecular weight is 331 g/mol. The number of aromatic nitrogens is 2. The summed E-state index contributed by atoms with van der Waals surface area (Å²) in [7, 11) is 0. The predicted octanol–water partition coefficient (Wildman–Crippen LogP) is 1.07. The number of halogens is 1. The molecule has 0 saturated heterocycles. The van der Waals surface area contributed by atoms with E-state index in [0.29, 0.717) is 0 Å². The van der Waals surface area contributed by atoms with Gasteiger partial charge in [-0.25, -0.2) is 9.07 Å². The molecule has 24 heavy (non-hydrogen) atoms. The van der Waals surface area contributed by atoms with Crippen LogP contribution in [0.5, 0.6) is 5.75 Å². The molecule has 6 nitrogen and oxygen atoms in total. The Morgan fingerprint density at radius 3 is 3.00 bits per heavy atom. The lowest BCUT2D eigenvalue weighted by Gasteiger charge is -2.09. The standard InChI is InChI=1S/C17H18FN3O3/c18-13-5-1-2-7-15(13)24-11-16(22)19-8-9-21-17(23)10-12-4-3-6-14(12)20-21/h1-2,5,7,10H,3-4,6,8-9,11H2,(H,19,22). The molecule has 1 amide bonds. The molecule has 0 radical (unpaired) electrons. The van der Waals surface area contributed by atoms with Crippen LogP contribution < -0.4 is 15.6 Å². The molecule has 0 spiro atoms. The van der Waals surface area contributed by atoms with E-state index in [0.717, 1.165) is 30.5 Å². The minimum atomic E-state index is -0.515. The molecule has 0 saturated carbocycles. The summed E-state index contributed by atoms with van der Waals surface area (Å²) in [5.74, 6) is -0.865. The molecule has 7 heteroatoms. The number of nitrogens with zero attached hydrogens (tertiary/aromatic N) is 2. The van der Waals surface area contributed by atoms with Crippen LogP contribution in [0.1, 0.15) is 17.7 Å². The lowest BCUT2D eigenvalue weighted by Crippen LogP contribution is -2.34. The minimum absolute atomic E-state index is 0.0316. The number of para-hydroxylation sites is 1. The first-order valence-corrected chi connectivity index (χ1v) is 7.87. The van der Waals surface area contributed by atoms with Crippen LogP contribution >= 0.6 is 0 Å². The predicted molar refractivity (Wildman–Crippen MR) is 85.4 cm³/mol. The SMILES string of the molecule is O=C(COc1ccccc1F)NCCn1nc2c(cc1=O)CCC2. The zero-order chi connectivity index (χ0) is 16.9. The maximum Gasteiger partial charge on any atom is 0.267 e. The fraction of sp³-hybridized carbons (Fsp3) is 0.353. The Balaban J connectivity index is 1.47. The van der Waals surface area contributed by atoms with E-state index >= 15 is 0 Å². The molecular weight excluding hydrogens is 313 g/mol. The second-order valence-corrected chi connectivity index (χ2v) is 5.60. The molecule has 0 atom stereocenters. The highest BCUT2D eigenvalue weighted by Crippen LogP contribution is 2.17. The van der Waals surface area contributed by atoms with Gasteiger partial charge in [-0.3, -0.25) is 9.59 Å². The maximum atomic E-state index is 13.4. The van der Waals surface area contributed by atoms with Crippen molar-refractivity contribution >= 4 is 5.91 Å². The lowest BCUT2D eigenvalue weighted by molar-refractivity contribution is -0.123. The Labute approximate surface area is 138 Å². The number of carbonyl (C=O) groups is 1. The fourth-order valence-corrected chi connectivity index (χ4v) is 2.66. The number of benzene rings is 1. The van der Waals surface area contributed by atoms with Crippen LogP contribution in [0.4, 0.5) is 4.39 Å². The number of amides is 1. The van der Waals surface area contributed by atoms with Crippen molar-refractivity contribution in [2.24, 2.45) is 0 Å². The zero-order valence-electron chi connectivity index (χ0n) is 13.1. The molecule has 0 unspecified atom stereocenters. The molecule has 1 aliphatic carbocycles. The molecule has 2 aromatic rings. The van der Waals surface area contributed by atoms with Crippen LogP contribution in [0.15, 0.2) is 35.1 Å². The summed E-state index contributed by atoms with van der Waals surface area (Å²) in [6, 6.07) is 7.51. The third kappa shape index (κ3) is 3.79. The Morgan fingerprint density at radius 2 is 2.17 bits per heavy atom. The van der Waals surface area contributed by atoms with Crippen molar-refractivity contribution in [3.05, 3.63) is 57.8 Å². The van der Waals surface area contributed by atoms with Gasteiger partial charge in [-0.05, 0) is 37.0 Å². The number of ether oxygens (including phenoxy) is 1. The first-order valence-electron chi connectivity index (χ1n) is 7.87. The summed E-state index contributed by atoms with van der Waals surface area (Å²) in [5.41, 5.74) is 1.83. The Kier molecular flexibility index (Phi) is 4.88. The van der Waals surface area contributed by atoms with E-state index < -0.39 is 5.82 Å². The Hall–Kier alpha value is -2.70. The van der Waals surface area contributed by atoms with E-state index in [9.17, 15) is 14.0 Å². The van der Waals surface area contributed by atoms with E-state index in [4.69, 9.17) is 4.74 Å². The average Bonchev–Trinajstić information content (AvgIpc) is 3.01. The van der Waals surface area contributed by atoms with Crippen LogP contribution in [-0.2, 0) is 24.2 Å². The highest BCUT2D eigenvalue weighted by Gasteiger charge is 2.14. The molecule has 0 bridgehead atoms. The first kappa shape index (κ1) is 16.2. The van der Waals surface area contributed by atoms with Crippen molar-refractivity contribution in [2.45, 2.75) is 25.8 Å². The Morgan fingerprint density at radius 1 is 1.33 bits per heavy atom. The topological polar surface area (TPSA) is 73.2 Å². The summed E-state index contributed by atoms with van der Waals surface area (Å²) >= 11 is 0. The molecule has 1 heterocycles. The monoisotopic (exact) mass is 331 g/mol. The van der Waals surface area contributed by atoms with Crippen molar-refractivity contribution in [3.63, 3.8) is 0 Å². The minimum Gasteiger partial charge on any atom is -0.481 e. The van der Waals surface area contributed by atoms with E-state index in [2.05, 4.69) is 10.4 Å². The second kappa shape index (κ2) is 7.25. The first-order chi connectivity index (χ1) is 11.6. The molecular formula is C17H18FN3O3. The third-order valence-corrected chi connectivity index (χ3v) is 3.87. The van der Waals surface area contributed by atoms with E-state index in [1.54, 1.807) is 18.2 Å². The van der Waals surface area contributed by atoms with Gasteiger partial charge < -0.3 is 10.1 Å². The van der Waals surface area contributed by atoms with Gasteiger partial charge in [0, 0.05) is 12.6 Å². The number of rotatable bonds is 6. The molecule has 0 aliphatic heterocycles. The van der Waals surface area contributed by atoms with Gasteiger partial charge in [0.15, 0.2) is 18.2 Å². The fourth-order valence-electron chi connectivity index (χ4n) is 2.66. The van der Waals surface area contributed by atoms with Crippen molar-refractivity contribution < 1.29 is 13.9 Å². The second-order valence-electron chi connectivity index (χ2n) is 5.60. The number of carbonyl (C=O) groups excluding carboxylic acids is 1. The van der Waals surface area contributed by atoms with Crippen LogP contribution in [0.25, 0.3) is 0 Å². The summed E-state index contributed by atoms with van der Waals surface area (Å²) in [4.78, 5) is 23.6. The summed E-state index contributed by atoms with van der Waals surface area (Å²) in [6.45, 7) is 0.260. The number of fused-ring (bicyclic) bond motifs is 1. The third-order valence-electron chi connectivity index (χ3n) is 3.87. The van der Waals surface area contributed by atoms with Gasteiger partial charge >= 0.3 is 0 Å². The van der Waals surface area contributed by atoms with E-state index in [1.165, 1.54) is 16.8 Å². The van der Waals surface area contributed by atoms with Crippen molar-refractivity contribution in [1.82, 2.24) is 15.1 Å².